The Hall–Kier alpha value is 0.650. The number of hydrogen-bond acceptors (Lipinski definition) is 2. The van der Waals surface area contributed by atoms with Gasteiger partial charge in [-0.15, -0.1) is 0 Å². The third-order valence-electron chi connectivity index (χ3n) is 0.671. The quantitative estimate of drug-likeness (QED) is 0.411. The molecule has 0 spiro atoms. The molecule has 0 unspecified atom stereocenters. The number of rotatable bonds is 3. The van der Waals surface area contributed by atoms with Gasteiger partial charge >= 0.3 is 58.9 Å². The van der Waals surface area contributed by atoms with Gasteiger partial charge in [0, 0.05) is 0 Å². The van der Waals surface area contributed by atoms with Crippen molar-refractivity contribution in [3.05, 3.63) is 0 Å². The van der Waals surface area contributed by atoms with Gasteiger partial charge in [-0.2, -0.15) is 0 Å². The normalized spacial score (nSPS) is 12.4. The Kier molecular flexibility index (Phi) is 4.89. The molecule has 0 amide bonds. The molecule has 0 aromatic rings. The Morgan fingerprint density at radius 1 is 1.50 bits per heavy atom. The van der Waals surface area contributed by atoms with Gasteiger partial charge in [-0.25, -0.2) is 0 Å². The number of hydrogen-bond donors (Lipinski definition) is 0. The molecule has 52 valence electrons. The van der Waals surface area contributed by atoms with Crippen LogP contribution in [-0.2, 0) is 3.07 Å². The van der Waals surface area contributed by atoms with E-state index >= 15 is 0 Å². The molecule has 0 rings (SSSR count). The van der Waals surface area contributed by atoms with E-state index in [0.29, 0.717) is 0 Å². The first-order chi connectivity index (χ1) is 3.66. The summed E-state index contributed by atoms with van der Waals surface area (Å²) >= 11 is -0.962. The summed E-state index contributed by atoms with van der Waals surface area (Å²) in [5.74, 6) is 0. The first kappa shape index (κ1) is 8.65. The second kappa shape index (κ2) is 4.52. The van der Waals surface area contributed by atoms with Crippen LogP contribution in [0.15, 0.2) is 0 Å². The predicted molar refractivity (Wildman–Crippen MR) is 45.5 cm³/mol. The van der Waals surface area contributed by atoms with Gasteiger partial charge in [-0.3, -0.25) is 0 Å². The number of nitrogens with zero attached hydrogens (tertiary/aromatic N) is 1. The van der Waals surface area contributed by atoms with Crippen molar-refractivity contribution in [3.8, 4) is 0 Å². The van der Waals surface area contributed by atoms with Crippen molar-refractivity contribution < 1.29 is 3.07 Å². The van der Waals surface area contributed by atoms with Crippen LogP contribution in [0.5, 0.6) is 0 Å². The maximum atomic E-state index is 5.18. The standard InChI is InChI=1S/C5H14INO/c1-6(8-4)5-7(2)3/h5H2,1-4H3. The second-order valence-electron chi connectivity index (χ2n) is 1.88. The molecule has 0 aromatic carbocycles. The van der Waals surface area contributed by atoms with Crippen LogP contribution in [0.3, 0.4) is 0 Å². The van der Waals surface area contributed by atoms with Gasteiger partial charge < -0.3 is 0 Å². The average Bonchev–Trinajstić information content (AvgIpc) is 1.65. The molecule has 0 saturated carbocycles. The third kappa shape index (κ3) is 4.80. The van der Waals surface area contributed by atoms with E-state index < -0.39 is 20.2 Å². The van der Waals surface area contributed by atoms with Gasteiger partial charge in [-0.1, -0.05) is 0 Å². The summed E-state index contributed by atoms with van der Waals surface area (Å²) in [6, 6.07) is 0. The number of halogens is 1. The Morgan fingerprint density at radius 3 is 2.12 bits per heavy atom. The van der Waals surface area contributed by atoms with Gasteiger partial charge in [0.2, 0.25) is 0 Å². The zero-order valence-electron chi connectivity index (χ0n) is 5.94. The van der Waals surface area contributed by atoms with Crippen LogP contribution >= 0.6 is 20.2 Å². The first-order valence-electron chi connectivity index (χ1n) is 2.42. The number of alkyl halides is 2. The van der Waals surface area contributed by atoms with Crippen LogP contribution in [0.1, 0.15) is 0 Å². The third-order valence-corrected chi connectivity index (χ3v) is 4.50. The molecular formula is C5H14INO. The molecule has 0 aromatic heterocycles. The molecule has 0 fully saturated rings. The van der Waals surface area contributed by atoms with Crippen molar-refractivity contribution in [2.24, 2.45) is 0 Å². The summed E-state index contributed by atoms with van der Waals surface area (Å²) < 4.78 is 6.33. The Morgan fingerprint density at radius 2 is 2.00 bits per heavy atom. The Balaban J connectivity index is 3.10. The van der Waals surface area contributed by atoms with Gasteiger partial charge in [0.1, 0.15) is 0 Å². The van der Waals surface area contributed by atoms with Crippen molar-refractivity contribution >= 4 is 20.2 Å². The molecule has 0 aliphatic rings. The van der Waals surface area contributed by atoms with Crippen LogP contribution in [0.2, 0.25) is 0 Å². The molecular weight excluding hydrogens is 217 g/mol. The summed E-state index contributed by atoms with van der Waals surface area (Å²) in [4.78, 5) is 4.39. The molecule has 0 radical (unpaired) electrons. The first-order valence-corrected chi connectivity index (χ1v) is 6.98. The van der Waals surface area contributed by atoms with E-state index in [0.717, 1.165) is 4.55 Å². The molecule has 0 N–H and O–H groups in total. The van der Waals surface area contributed by atoms with Crippen LogP contribution in [0, 0.1) is 0 Å². The van der Waals surface area contributed by atoms with E-state index in [4.69, 9.17) is 3.07 Å². The van der Waals surface area contributed by atoms with E-state index in [-0.39, 0.29) is 0 Å². The molecule has 0 bridgehead atoms. The fourth-order valence-electron chi connectivity index (χ4n) is 0.385. The molecule has 0 atom stereocenters. The van der Waals surface area contributed by atoms with Gasteiger partial charge in [0.25, 0.3) is 0 Å². The van der Waals surface area contributed by atoms with Crippen LogP contribution in [0.25, 0.3) is 0 Å². The van der Waals surface area contributed by atoms with E-state index in [2.05, 4.69) is 23.9 Å². The Bertz CT molecular complexity index is 58.4. The zero-order chi connectivity index (χ0) is 6.57. The van der Waals surface area contributed by atoms with Crippen molar-refractivity contribution in [1.29, 1.82) is 0 Å². The van der Waals surface area contributed by atoms with Crippen molar-refractivity contribution in [1.82, 2.24) is 4.90 Å². The van der Waals surface area contributed by atoms with Crippen molar-refractivity contribution in [3.63, 3.8) is 0 Å². The van der Waals surface area contributed by atoms with E-state index in [1.165, 1.54) is 0 Å². The van der Waals surface area contributed by atoms with E-state index in [1.807, 2.05) is 0 Å². The summed E-state index contributed by atoms with van der Waals surface area (Å²) in [5.41, 5.74) is 0. The molecule has 2 nitrogen and oxygen atoms in total. The van der Waals surface area contributed by atoms with Crippen LogP contribution in [0.4, 0.5) is 0 Å². The van der Waals surface area contributed by atoms with Crippen LogP contribution in [-0.4, -0.2) is 35.6 Å². The fraction of sp³-hybridized carbons (Fsp3) is 1.00. The van der Waals surface area contributed by atoms with Crippen LogP contribution < -0.4 is 0 Å². The summed E-state index contributed by atoms with van der Waals surface area (Å²) in [6.45, 7) is 0. The molecule has 8 heavy (non-hydrogen) atoms. The van der Waals surface area contributed by atoms with E-state index in [1.54, 1.807) is 7.11 Å². The molecule has 0 aliphatic heterocycles. The molecule has 0 saturated heterocycles. The van der Waals surface area contributed by atoms with Crippen molar-refractivity contribution in [2.45, 2.75) is 0 Å². The van der Waals surface area contributed by atoms with Gasteiger partial charge in [-0.05, 0) is 0 Å². The maximum absolute atomic E-state index is 5.18. The topological polar surface area (TPSA) is 12.5 Å². The van der Waals surface area contributed by atoms with E-state index in [9.17, 15) is 0 Å². The SMILES string of the molecule is COI(C)CN(C)C. The van der Waals surface area contributed by atoms with Gasteiger partial charge in [0.15, 0.2) is 0 Å². The monoisotopic (exact) mass is 231 g/mol. The minimum absolute atomic E-state index is 0.962. The summed E-state index contributed by atoms with van der Waals surface area (Å²) in [5, 5.41) is 0. The molecule has 3 heteroatoms. The minimum atomic E-state index is -0.962. The summed E-state index contributed by atoms with van der Waals surface area (Å²) in [6.07, 6.45) is 0. The summed E-state index contributed by atoms with van der Waals surface area (Å²) in [7, 11) is 5.95. The Labute approximate surface area is 59.1 Å². The molecule has 0 aliphatic carbocycles. The van der Waals surface area contributed by atoms with Gasteiger partial charge in [0.05, 0.1) is 0 Å². The average molecular weight is 231 g/mol. The van der Waals surface area contributed by atoms with Crippen molar-refractivity contribution in [2.75, 3.05) is 30.7 Å². The second-order valence-corrected chi connectivity index (χ2v) is 6.48. The molecule has 0 heterocycles. The fourth-order valence-corrected chi connectivity index (χ4v) is 2.59. The zero-order valence-corrected chi connectivity index (χ0v) is 8.10. The predicted octanol–water partition coefficient (Wildman–Crippen LogP) is 1.20.